The number of furan rings is 1. The molecule has 1 atom stereocenters. The van der Waals surface area contributed by atoms with Crippen molar-refractivity contribution in [3.8, 4) is 11.5 Å². The maximum absolute atomic E-state index is 12.2. The lowest BCUT2D eigenvalue weighted by molar-refractivity contribution is -0.120. The van der Waals surface area contributed by atoms with Gasteiger partial charge in [-0.15, -0.1) is 11.3 Å². The van der Waals surface area contributed by atoms with Crippen LogP contribution in [0, 0.1) is 5.92 Å². The standard InChI is InChI=1S/C17H19N3O3S/c1-11(21)18-9-13-7-8-15(23-13)14-10-24-17(19-14)20-16(22)12-5-3-2-4-6-12/h2-3,7-8,10,12H,4-6,9H2,1H3,(H,18,21)(H,19,20,22). The first-order valence-corrected chi connectivity index (χ1v) is 8.74. The van der Waals surface area contributed by atoms with E-state index in [1.165, 1.54) is 18.3 Å². The molecule has 0 saturated heterocycles. The Morgan fingerprint density at radius 2 is 2.25 bits per heavy atom. The molecule has 126 valence electrons. The van der Waals surface area contributed by atoms with E-state index < -0.39 is 0 Å². The lowest BCUT2D eigenvalue weighted by Gasteiger charge is -2.15. The first kappa shape index (κ1) is 16.4. The highest BCUT2D eigenvalue weighted by molar-refractivity contribution is 7.14. The molecule has 24 heavy (non-hydrogen) atoms. The average Bonchev–Trinajstić information content (AvgIpc) is 3.22. The van der Waals surface area contributed by atoms with Crippen molar-refractivity contribution < 1.29 is 14.0 Å². The number of thiazole rings is 1. The molecule has 2 amide bonds. The van der Waals surface area contributed by atoms with E-state index in [4.69, 9.17) is 4.42 Å². The Hall–Kier alpha value is -2.41. The first-order chi connectivity index (χ1) is 11.6. The van der Waals surface area contributed by atoms with Crippen molar-refractivity contribution in [1.29, 1.82) is 0 Å². The van der Waals surface area contributed by atoms with E-state index in [2.05, 4.69) is 27.8 Å². The Labute approximate surface area is 144 Å². The summed E-state index contributed by atoms with van der Waals surface area (Å²) in [5, 5.41) is 7.98. The number of carbonyl (C=O) groups is 2. The van der Waals surface area contributed by atoms with Crippen LogP contribution in [-0.2, 0) is 16.1 Å². The molecule has 1 aliphatic carbocycles. The van der Waals surface area contributed by atoms with Crippen LogP contribution in [-0.4, -0.2) is 16.8 Å². The summed E-state index contributed by atoms with van der Waals surface area (Å²) in [7, 11) is 0. The normalized spacial score (nSPS) is 16.8. The highest BCUT2D eigenvalue weighted by Gasteiger charge is 2.20. The second-order valence-electron chi connectivity index (χ2n) is 5.68. The molecule has 6 nitrogen and oxygen atoms in total. The molecule has 0 saturated carbocycles. The number of amides is 2. The van der Waals surface area contributed by atoms with E-state index in [1.807, 2.05) is 11.4 Å². The van der Waals surface area contributed by atoms with Gasteiger partial charge in [0.2, 0.25) is 11.8 Å². The van der Waals surface area contributed by atoms with Gasteiger partial charge in [-0.25, -0.2) is 4.98 Å². The van der Waals surface area contributed by atoms with Gasteiger partial charge >= 0.3 is 0 Å². The van der Waals surface area contributed by atoms with Crippen LogP contribution in [0.5, 0.6) is 0 Å². The third kappa shape index (κ3) is 4.11. The van der Waals surface area contributed by atoms with E-state index in [0.717, 1.165) is 19.3 Å². The molecular formula is C17H19N3O3S. The van der Waals surface area contributed by atoms with Gasteiger partial charge in [0, 0.05) is 18.2 Å². The minimum absolute atomic E-state index is 0.0195. The van der Waals surface area contributed by atoms with Crippen LogP contribution in [0.25, 0.3) is 11.5 Å². The maximum Gasteiger partial charge on any atom is 0.229 e. The zero-order valence-electron chi connectivity index (χ0n) is 13.4. The molecule has 0 radical (unpaired) electrons. The number of hydrogen-bond donors (Lipinski definition) is 2. The Morgan fingerprint density at radius 3 is 3.00 bits per heavy atom. The van der Waals surface area contributed by atoms with Crippen LogP contribution in [0.4, 0.5) is 5.13 Å². The Morgan fingerprint density at radius 1 is 1.38 bits per heavy atom. The van der Waals surface area contributed by atoms with Crippen molar-refractivity contribution in [3.63, 3.8) is 0 Å². The van der Waals surface area contributed by atoms with Crippen LogP contribution >= 0.6 is 11.3 Å². The lowest BCUT2D eigenvalue weighted by atomic mass is 9.94. The number of nitrogens with one attached hydrogen (secondary N) is 2. The fourth-order valence-corrected chi connectivity index (χ4v) is 3.21. The first-order valence-electron chi connectivity index (χ1n) is 7.87. The second-order valence-corrected chi connectivity index (χ2v) is 6.54. The van der Waals surface area contributed by atoms with Crippen molar-refractivity contribution in [2.45, 2.75) is 32.7 Å². The van der Waals surface area contributed by atoms with E-state index in [9.17, 15) is 9.59 Å². The summed E-state index contributed by atoms with van der Waals surface area (Å²) in [6, 6.07) is 3.61. The molecule has 2 heterocycles. The van der Waals surface area contributed by atoms with Crippen molar-refractivity contribution in [3.05, 3.63) is 35.4 Å². The zero-order valence-corrected chi connectivity index (χ0v) is 14.2. The van der Waals surface area contributed by atoms with Gasteiger partial charge in [0.05, 0.1) is 6.54 Å². The van der Waals surface area contributed by atoms with E-state index in [0.29, 0.717) is 28.9 Å². The molecule has 7 heteroatoms. The minimum Gasteiger partial charge on any atom is -0.458 e. The summed E-state index contributed by atoms with van der Waals surface area (Å²) < 4.78 is 5.66. The van der Waals surface area contributed by atoms with Crippen molar-refractivity contribution in [1.82, 2.24) is 10.3 Å². The molecular weight excluding hydrogens is 326 g/mol. The fourth-order valence-electron chi connectivity index (χ4n) is 2.51. The number of carbonyl (C=O) groups excluding carboxylic acids is 2. The van der Waals surface area contributed by atoms with Crippen LogP contribution < -0.4 is 10.6 Å². The summed E-state index contributed by atoms with van der Waals surface area (Å²) >= 11 is 1.37. The van der Waals surface area contributed by atoms with E-state index in [1.54, 1.807) is 6.07 Å². The molecule has 2 aromatic rings. The topological polar surface area (TPSA) is 84.2 Å². The van der Waals surface area contributed by atoms with Gasteiger partial charge in [-0.3, -0.25) is 9.59 Å². The van der Waals surface area contributed by atoms with E-state index in [-0.39, 0.29) is 17.7 Å². The highest BCUT2D eigenvalue weighted by Crippen LogP contribution is 2.28. The Bertz CT molecular complexity index is 763. The molecule has 0 fully saturated rings. The molecule has 1 unspecified atom stereocenters. The molecule has 0 spiro atoms. The quantitative estimate of drug-likeness (QED) is 0.814. The number of rotatable bonds is 5. The molecule has 2 N–H and O–H groups in total. The third-order valence-electron chi connectivity index (χ3n) is 3.80. The summed E-state index contributed by atoms with van der Waals surface area (Å²) in [4.78, 5) is 27.6. The van der Waals surface area contributed by atoms with Gasteiger partial charge in [0.1, 0.15) is 11.5 Å². The average molecular weight is 345 g/mol. The Kier molecular flexibility index (Phi) is 5.10. The zero-order chi connectivity index (χ0) is 16.9. The van der Waals surface area contributed by atoms with Crippen LogP contribution in [0.15, 0.2) is 34.1 Å². The van der Waals surface area contributed by atoms with Gasteiger partial charge in [-0.05, 0) is 31.4 Å². The van der Waals surface area contributed by atoms with Crippen molar-refractivity contribution in [2.24, 2.45) is 5.92 Å². The maximum atomic E-state index is 12.2. The molecule has 2 aromatic heterocycles. The van der Waals surface area contributed by atoms with Gasteiger partial charge in [0.15, 0.2) is 10.9 Å². The smallest absolute Gasteiger partial charge is 0.229 e. The SMILES string of the molecule is CC(=O)NCc1ccc(-c2csc(NC(=O)C3CC=CCC3)n2)o1. The fraction of sp³-hybridized carbons (Fsp3) is 0.353. The minimum atomic E-state index is -0.107. The largest absolute Gasteiger partial charge is 0.458 e. The summed E-state index contributed by atoms with van der Waals surface area (Å²) in [5.74, 6) is 1.21. The predicted octanol–water partition coefficient (Wildman–Crippen LogP) is 3.33. The summed E-state index contributed by atoms with van der Waals surface area (Å²) in [6.07, 6.45) is 6.78. The van der Waals surface area contributed by atoms with Gasteiger partial charge in [0.25, 0.3) is 0 Å². The van der Waals surface area contributed by atoms with Crippen LogP contribution in [0.1, 0.15) is 31.9 Å². The number of hydrogen-bond acceptors (Lipinski definition) is 5. The van der Waals surface area contributed by atoms with Crippen molar-refractivity contribution >= 4 is 28.3 Å². The van der Waals surface area contributed by atoms with Gasteiger partial charge in [-0.1, -0.05) is 12.2 Å². The molecule has 1 aliphatic rings. The predicted molar refractivity (Wildman–Crippen MR) is 92.4 cm³/mol. The molecule has 0 aliphatic heterocycles. The van der Waals surface area contributed by atoms with Crippen LogP contribution in [0.3, 0.4) is 0 Å². The third-order valence-corrected chi connectivity index (χ3v) is 4.56. The number of anilines is 1. The molecule has 3 rings (SSSR count). The summed E-state index contributed by atoms with van der Waals surface area (Å²) in [5.41, 5.74) is 0.674. The summed E-state index contributed by atoms with van der Waals surface area (Å²) in [6.45, 7) is 1.81. The van der Waals surface area contributed by atoms with E-state index >= 15 is 0 Å². The van der Waals surface area contributed by atoms with Crippen molar-refractivity contribution in [2.75, 3.05) is 5.32 Å². The number of aromatic nitrogens is 1. The molecule has 0 aromatic carbocycles. The van der Waals surface area contributed by atoms with Gasteiger partial charge < -0.3 is 15.1 Å². The van der Waals surface area contributed by atoms with Gasteiger partial charge in [-0.2, -0.15) is 0 Å². The second kappa shape index (κ2) is 7.44. The lowest BCUT2D eigenvalue weighted by Crippen LogP contribution is -2.23. The molecule has 0 bridgehead atoms. The number of allylic oxidation sites excluding steroid dienone is 2. The monoisotopic (exact) mass is 345 g/mol. The van der Waals surface area contributed by atoms with Crippen LogP contribution in [0.2, 0.25) is 0 Å². The Balaban J connectivity index is 1.61. The highest BCUT2D eigenvalue weighted by atomic mass is 32.1. The number of nitrogens with zero attached hydrogens (tertiary/aromatic N) is 1.